The molecule has 5 heteroatoms. The fourth-order valence-corrected chi connectivity index (χ4v) is 0.906. The van der Waals surface area contributed by atoms with Crippen LogP contribution in [0.1, 0.15) is 26.2 Å². The minimum Gasteiger partial charge on any atom is -0.469 e. The molecule has 0 spiro atoms. The van der Waals surface area contributed by atoms with Crippen LogP contribution in [0.25, 0.3) is 0 Å². The van der Waals surface area contributed by atoms with Gasteiger partial charge in [-0.1, -0.05) is 6.92 Å². The third-order valence-corrected chi connectivity index (χ3v) is 1.70. The zero-order valence-corrected chi connectivity index (χ0v) is 9.38. The van der Waals surface area contributed by atoms with Gasteiger partial charge in [0.25, 0.3) is 0 Å². The fourth-order valence-electron chi connectivity index (χ4n) is 0.906. The average molecular weight is 217 g/mol. The summed E-state index contributed by atoms with van der Waals surface area (Å²) in [7, 11) is 1.32. The van der Waals surface area contributed by atoms with Gasteiger partial charge >= 0.3 is 5.97 Å². The smallest absolute Gasteiger partial charge is 0.307 e. The van der Waals surface area contributed by atoms with E-state index in [-0.39, 0.29) is 18.3 Å². The fraction of sp³-hybridized carbons (Fsp3) is 0.800. The molecule has 0 rings (SSSR count). The molecule has 0 unspecified atom stereocenters. The summed E-state index contributed by atoms with van der Waals surface area (Å²) in [6.07, 6.45) is 1.49. The van der Waals surface area contributed by atoms with Crippen molar-refractivity contribution < 1.29 is 19.1 Å². The lowest BCUT2D eigenvalue weighted by Crippen LogP contribution is -2.27. The summed E-state index contributed by atoms with van der Waals surface area (Å²) in [4.78, 5) is 21.8. The summed E-state index contributed by atoms with van der Waals surface area (Å²) in [5.41, 5.74) is 0. The first-order valence-corrected chi connectivity index (χ1v) is 5.12. The van der Waals surface area contributed by atoms with Crippen LogP contribution in [0.3, 0.4) is 0 Å². The minimum absolute atomic E-state index is 0.102. The lowest BCUT2D eigenvalue weighted by atomic mass is 10.4. The van der Waals surface area contributed by atoms with E-state index in [4.69, 9.17) is 4.74 Å². The molecule has 5 nitrogen and oxygen atoms in total. The van der Waals surface area contributed by atoms with E-state index in [1.54, 1.807) is 0 Å². The number of hydrogen-bond donors (Lipinski definition) is 1. The summed E-state index contributed by atoms with van der Waals surface area (Å²) in [6, 6.07) is 0. The van der Waals surface area contributed by atoms with Crippen LogP contribution in [0.4, 0.5) is 0 Å². The van der Waals surface area contributed by atoms with E-state index in [1.807, 2.05) is 6.92 Å². The molecule has 0 aromatic rings. The van der Waals surface area contributed by atoms with Crippen molar-refractivity contribution >= 4 is 11.9 Å². The second-order valence-electron chi connectivity index (χ2n) is 3.04. The van der Waals surface area contributed by atoms with Gasteiger partial charge in [0.15, 0.2) is 0 Å². The summed E-state index contributed by atoms with van der Waals surface area (Å²) in [5.74, 6) is -0.424. The van der Waals surface area contributed by atoms with Crippen LogP contribution >= 0.6 is 0 Å². The maximum atomic E-state index is 11.1. The molecule has 0 radical (unpaired) electrons. The van der Waals surface area contributed by atoms with Gasteiger partial charge in [-0.3, -0.25) is 9.59 Å². The van der Waals surface area contributed by atoms with Crippen molar-refractivity contribution in [3.63, 3.8) is 0 Å². The van der Waals surface area contributed by atoms with Crippen LogP contribution in [0, 0.1) is 0 Å². The maximum Gasteiger partial charge on any atom is 0.307 e. The van der Waals surface area contributed by atoms with Gasteiger partial charge in [0.2, 0.25) is 5.91 Å². The van der Waals surface area contributed by atoms with Crippen LogP contribution in [0.15, 0.2) is 0 Å². The van der Waals surface area contributed by atoms with Crippen molar-refractivity contribution in [2.75, 3.05) is 26.9 Å². The van der Waals surface area contributed by atoms with Gasteiger partial charge in [0, 0.05) is 19.6 Å². The number of nitrogens with one attached hydrogen (secondary N) is 1. The monoisotopic (exact) mass is 217 g/mol. The van der Waals surface area contributed by atoms with Crippen LogP contribution < -0.4 is 5.32 Å². The largest absolute Gasteiger partial charge is 0.469 e. The van der Waals surface area contributed by atoms with Crippen molar-refractivity contribution in [2.45, 2.75) is 26.2 Å². The molecule has 0 aromatic carbocycles. The number of rotatable bonds is 8. The number of ether oxygens (including phenoxy) is 2. The molecule has 0 bridgehead atoms. The highest BCUT2D eigenvalue weighted by Gasteiger charge is 2.03. The summed E-state index contributed by atoms with van der Waals surface area (Å²) < 4.78 is 9.58. The molecule has 0 saturated carbocycles. The molecule has 88 valence electrons. The Bertz CT molecular complexity index is 194. The number of carbonyl (C=O) groups excluding carboxylic acids is 2. The molecule has 1 amide bonds. The molecule has 0 aliphatic carbocycles. The average Bonchev–Trinajstić information content (AvgIpc) is 2.24. The molecule has 0 atom stereocenters. The molecule has 0 heterocycles. The molecule has 0 fully saturated rings. The Morgan fingerprint density at radius 2 is 1.93 bits per heavy atom. The topological polar surface area (TPSA) is 64.6 Å². The van der Waals surface area contributed by atoms with E-state index in [1.165, 1.54) is 7.11 Å². The minimum atomic E-state index is -0.322. The Kier molecular flexibility index (Phi) is 8.76. The van der Waals surface area contributed by atoms with E-state index in [0.29, 0.717) is 26.2 Å². The Labute approximate surface area is 90.1 Å². The number of esters is 1. The van der Waals surface area contributed by atoms with Gasteiger partial charge in [-0.05, 0) is 6.42 Å². The lowest BCUT2D eigenvalue weighted by Gasteiger charge is -2.04. The first kappa shape index (κ1) is 13.9. The van der Waals surface area contributed by atoms with E-state index in [0.717, 1.165) is 6.42 Å². The third-order valence-electron chi connectivity index (χ3n) is 1.70. The summed E-state index contributed by atoms with van der Waals surface area (Å²) in [5, 5.41) is 2.61. The first-order chi connectivity index (χ1) is 7.20. The first-order valence-electron chi connectivity index (χ1n) is 5.12. The molecule has 0 saturated heterocycles. The Morgan fingerprint density at radius 1 is 1.20 bits per heavy atom. The van der Waals surface area contributed by atoms with Gasteiger partial charge < -0.3 is 14.8 Å². The Morgan fingerprint density at radius 3 is 2.53 bits per heavy atom. The van der Waals surface area contributed by atoms with E-state index >= 15 is 0 Å². The molecular formula is C10H19NO4. The standard InChI is InChI=1S/C10H19NO4/c1-3-7-15-8-5-9(12)11-6-4-10(13)14-2/h3-8H2,1-2H3,(H,11,12). The van der Waals surface area contributed by atoms with Gasteiger partial charge in [0.1, 0.15) is 0 Å². The number of methoxy groups -OCH3 is 1. The molecule has 1 N–H and O–H groups in total. The highest BCUT2D eigenvalue weighted by atomic mass is 16.5. The van der Waals surface area contributed by atoms with E-state index < -0.39 is 0 Å². The molecule has 0 aliphatic rings. The van der Waals surface area contributed by atoms with Crippen LogP contribution in [-0.4, -0.2) is 38.7 Å². The second kappa shape index (κ2) is 9.45. The quantitative estimate of drug-likeness (QED) is 0.474. The van der Waals surface area contributed by atoms with Gasteiger partial charge in [-0.2, -0.15) is 0 Å². The summed E-state index contributed by atoms with van der Waals surface area (Å²) in [6.45, 7) is 3.43. The Balaban J connectivity index is 3.29. The maximum absolute atomic E-state index is 11.1. The highest BCUT2D eigenvalue weighted by molar-refractivity contribution is 5.77. The third kappa shape index (κ3) is 9.21. The van der Waals surface area contributed by atoms with Crippen LogP contribution in [0.5, 0.6) is 0 Å². The van der Waals surface area contributed by atoms with Crippen LogP contribution in [0.2, 0.25) is 0 Å². The zero-order chi connectivity index (χ0) is 11.5. The molecule has 0 aliphatic heterocycles. The van der Waals surface area contributed by atoms with Gasteiger partial charge in [0.05, 0.1) is 20.1 Å². The predicted molar refractivity (Wildman–Crippen MR) is 55.4 cm³/mol. The number of carbonyl (C=O) groups is 2. The normalized spacial score (nSPS) is 9.73. The van der Waals surface area contributed by atoms with E-state index in [9.17, 15) is 9.59 Å². The lowest BCUT2D eigenvalue weighted by molar-refractivity contribution is -0.140. The van der Waals surface area contributed by atoms with Crippen molar-refractivity contribution in [1.29, 1.82) is 0 Å². The van der Waals surface area contributed by atoms with Gasteiger partial charge in [-0.15, -0.1) is 0 Å². The summed E-state index contributed by atoms with van der Waals surface area (Å²) >= 11 is 0. The van der Waals surface area contributed by atoms with Crippen molar-refractivity contribution in [3.8, 4) is 0 Å². The predicted octanol–water partition coefficient (Wildman–Crippen LogP) is 0.482. The Hall–Kier alpha value is -1.10. The van der Waals surface area contributed by atoms with Crippen molar-refractivity contribution in [1.82, 2.24) is 5.32 Å². The second-order valence-corrected chi connectivity index (χ2v) is 3.04. The van der Waals surface area contributed by atoms with Crippen molar-refractivity contribution in [2.24, 2.45) is 0 Å². The van der Waals surface area contributed by atoms with E-state index in [2.05, 4.69) is 10.1 Å². The molecule has 0 aromatic heterocycles. The molecular weight excluding hydrogens is 198 g/mol. The highest BCUT2D eigenvalue weighted by Crippen LogP contribution is 1.87. The van der Waals surface area contributed by atoms with Gasteiger partial charge in [-0.25, -0.2) is 0 Å². The number of amides is 1. The zero-order valence-electron chi connectivity index (χ0n) is 9.38. The van der Waals surface area contributed by atoms with Crippen LogP contribution in [-0.2, 0) is 19.1 Å². The SMILES string of the molecule is CCCOCCC(=O)NCCC(=O)OC. The molecule has 15 heavy (non-hydrogen) atoms. The number of hydrogen-bond acceptors (Lipinski definition) is 4. The van der Waals surface area contributed by atoms with Crippen molar-refractivity contribution in [3.05, 3.63) is 0 Å².